The molecule has 0 aliphatic heterocycles. The van der Waals surface area contributed by atoms with Crippen LogP contribution in [-0.4, -0.2) is 30.8 Å². The fraction of sp³-hybridized carbons (Fsp3) is 0.353. The van der Waals surface area contributed by atoms with Crippen LogP contribution in [0.25, 0.3) is 11.1 Å². The summed E-state index contributed by atoms with van der Waals surface area (Å²) in [5.74, 6) is 0.678. The number of methoxy groups -OCH3 is 1. The van der Waals surface area contributed by atoms with Crippen LogP contribution in [0.5, 0.6) is 5.75 Å². The number of aliphatic hydroxyl groups excluding tert-OH is 1. The number of rotatable bonds is 6. The molecule has 0 saturated heterocycles. The molecule has 2 rings (SSSR count). The van der Waals surface area contributed by atoms with Crippen LogP contribution in [0, 0.1) is 6.92 Å². The zero-order valence-electron chi connectivity index (χ0n) is 13.1. The van der Waals surface area contributed by atoms with E-state index in [0.29, 0.717) is 11.3 Å². The standard InChI is InChI=1S/C17H21NO3S/c1-4-13(10-19)18-17(20)16-9-15(11(2)22-16)12-5-7-14(21-3)8-6-12/h5-9,13,19H,4,10H2,1-3H3,(H,18,20). The lowest BCUT2D eigenvalue weighted by atomic mass is 10.1. The van der Waals surface area contributed by atoms with Gasteiger partial charge in [-0.15, -0.1) is 11.3 Å². The zero-order valence-corrected chi connectivity index (χ0v) is 13.9. The van der Waals surface area contributed by atoms with Gasteiger partial charge in [0.2, 0.25) is 0 Å². The molecule has 0 fully saturated rings. The van der Waals surface area contributed by atoms with Crippen molar-refractivity contribution in [3.05, 3.63) is 40.1 Å². The number of carbonyl (C=O) groups is 1. The van der Waals surface area contributed by atoms with Crippen LogP contribution >= 0.6 is 11.3 Å². The molecular formula is C17H21NO3S. The monoisotopic (exact) mass is 319 g/mol. The fourth-order valence-corrected chi connectivity index (χ4v) is 3.13. The molecular weight excluding hydrogens is 298 g/mol. The first-order valence-electron chi connectivity index (χ1n) is 7.25. The van der Waals surface area contributed by atoms with E-state index in [0.717, 1.165) is 21.8 Å². The van der Waals surface area contributed by atoms with Gasteiger partial charge >= 0.3 is 0 Å². The summed E-state index contributed by atoms with van der Waals surface area (Å²) >= 11 is 1.47. The second-order valence-corrected chi connectivity index (χ2v) is 6.33. The molecule has 0 saturated carbocycles. The quantitative estimate of drug-likeness (QED) is 0.859. The molecule has 1 aromatic carbocycles. The highest BCUT2D eigenvalue weighted by Gasteiger charge is 2.16. The highest BCUT2D eigenvalue weighted by atomic mass is 32.1. The summed E-state index contributed by atoms with van der Waals surface area (Å²) < 4.78 is 5.16. The fourth-order valence-electron chi connectivity index (χ4n) is 2.18. The third kappa shape index (κ3) is 3.67. The molecule has 1 unspecified atom stereocenters. The molecule has 5 heteroatoms. The van der Waals surface area contributed by atoms with Crippen molar-refractivity contribution in [3.8, 4) is 16.9 Å². The smallest absolute Gasteiger partial charge is 0.261 e. The van der Waals surface area contributed by atoms with E-state index in [1.807, 2.05) is 44.2 Å². The first-order valence-corrected chi connectivity index (χ1v) is 8.07. The number of benzene rings is 1. The number of aryl methyl sites for hydroxylation is 1. The summed E-state index contributed by atoms with van der Waals surface area (Å²) in [5, 5.41) is 12.0. The number of nitrogens with one attached hydrogen (secondary N) is 1. The van der Waals surface area contributed by atoms with E-state index in [-0.39, 0.29) is 18.6 Å². The van der Waals surface area contributed by atoms with Crippen LogP contribution in [0.2, 0.25) is 0 Å². The van der Waals surface area contributed by atoms with Gasteiger partial charge in [0.05, 0.1) is 24.6 Å². The molecule has 2 N–H and O–H groups in total. The number of thiophene rings is 1. The second kappa shape index (κ2) is 7.42. The Morgan fingerprint density at radius 1 is 1.36 bits per heavy atom. The first-order chi connectivity index (χ1) is 10.6. The summed E-state index contributed by atoms with van der Waals surface area (Å²) in [6.07, 6.45) is 0.706. The van der Waals surface area contributed by atoms with Crippen LogP contribution in [-0.2, 0) is 0 Å². The Bertz CT molecular complexity index is 630. The van der Waals surface area contributed by atoms with Crippen molar-refractivity contribution in [2.45, 2.75) is 26.3 Å². The Balaban J connectivity index is 2.21. The number of amides is 1. The van der Waals surface area contributed by atoms with E-state index in [9.17, 15) is 9.90 Å². The van der Waals surface area contributed by atoms with Gasteiger partial charge < -0.3 is 15.2 Å². The maximum Gasteiger partial charge on any atom is 0.261 e. The average Bonchev–Trinajstić information content (AvgIpc) is 2.94. The Labute approximate surface area is 134 Å². The van der Waals surface area contributed by atoms with Crippen molar-refractivity contribution in [2.75, 3.05) is 13.7 Å². The highest BCUT2D eigenvalue weighted by Crippen LogP contribution is 2.32. The van der Waals surface area contributed by atoms with Crippen molar-refractivity contribution in [2.24, 2.45) is 0 Å². The van der Waals surface area contributed by atoms with Crippen LogP contribution in [0.15, 0.2) is 30.3 Å². The van der Waals surface area contributed by atoms with Gasteiger partial charge in [-0.05, 0) is 42.7 Å². The molecule has 1 heterocycles. The number of aliphatic hydroxyl groups is 1. The van der Waals surface area contributed by atoms with E-state index in [1.165, 1.54) is 11.3 Å². The molecule has 22 heavy (non-hydrogen) atoms. The van der Waals surface area contributed by atoms with Crippen LogP contribution < -0.4 is 10.1 Å². The summed E-state index contributed by atoms with van der Waals surface area (Å²) in [6.45, 7) is 3.89. The second-order valence-electron chi connectivity index (χ2n) is 5.07. The van der Waals surface area contributed by atoms with Gasteiger partial charge in [-0.25, -0.2) is 0 Å². The van der Waals surface area contributed by atoms with Crippen molar-refractivity contribution in [1.82, 2.24) is 5.32 Å². The Kier molecular flexibility index (Phi) is 5.57. The molecule has 0 aliphatic carbocycles. The van der Waals surface area contributed by atoms with Crippen LogP contribution in [0.1, 0.15) is 27.9 Å². The summed E-state index contributed by atoms with van der Waals surface area (Å²) in [6, 6.07) is 9.49. The summed E-state index contributed by atoms with van der Waals surface area (Å²) in [7, 11) is 1.64. The SMILES string of the molecule is CCC(CO)NC(=O)c1cc(-c2ccc(OC)cc2)c(C)s1. The van der Waals surface area contributed by atoms with Gasteiger partial charge in [0, 0.05) is 4.88 Å². The maximum absolute atomic E-state index is 12.2. The first kappa shape index (κ1) is 16.5. The van der Waals surface area contributed by atoms with Gasteiger partial charge in [-0.2, -0.15) is 0 Å². The lowest BCUT2D eigenvalue weighted by Gasteiger charge is -2.12. The van der Waals surface area contributed by atoms with E-state index in [1.54, 1.807) is 7.11 Å². The number of hydrogen-bond donors (Lipinski definition) is 2. The predicted octanol–water partition coefficient (Wildman–Crippen LogP) is 3.23. The molecule has 0 bridgehead atoms. The molecule has 0 spiro atoms. The molecule has 0 aliphatic rings. The van der Waals surface area contributed by atoms with Crippen molar-refractivity contribution in [3.63, 3.8) is 0 Å². The van der Waals surface area contributed by atoms with Gasteiger partial charge in [0.15, 0.2) is 0 Å². The Morgan fingerprint density at radius 3 is 2.59 bits per heavy atom. The molecule has 1 aromatic heterocycles. The zero-order chi connectivity index (χ0) is 16.1. The number of hydrogen-bond acceptors (Lipinski definition) is 4. The van der Waals surface area contributed by atoms with Gasteiger partial charge in [0.1, 0.15) is 5.75 Å². The molecule has 4 nitrogen and oxygen atoms in total. The Hall–Kier alpha value is -1.85. The van der Waals surface area contributed by atoms with E-state index in [2.05, 4.69) is 5.32 Å². The highest BCUT2D eigenvalue weighted by molar-refractivity contribution is 7.14. The Morgan fingerprint density at radius 2 is 2.05 bits per heavy atom. The van der Waals surface area contributed by atoms with Gasteiger partial charge in [0.25, 0.3) is 5.91 Å². The number of carbonyl (C=O) groups excluding carboxylic acids is 1. The van der Waals surface area contributed by atoms with E-state index in [4.69, 9.17) is 4.74 Å². The topological polar surface area (TPSA) is 58.6 Å². The minimum absolute atomic E-state index is 0.0437. The lowest BCUT2D eigenvalue weighted by molar-refractivity contribution is 0.0919. The largest absolute Gasteiger partial charge is 0.497 e. The predicted molar refractivity (Wildman–Crippen MR) is 89.7 cm³/mol. The summed E-state index contributed by atoms with van der Waals surface area (Å²) in [4.78, 5) is 14.0. The van der Waals surface area contributed by atoms with E-state index < -0.39 is 0 Å². The molecule has 1 amide bonds. The normalized spacial score (nSPS) is 12.0. The minimum atomic E-state index is -0.195. The lowest BCUT2D eigenvalue weighted by Crippen LogP contribution is -2.36. The van der Waals surface area contributed by atoms with Gasteiger partial charge in [-0.3, -0.25) is 4.79 Å². The van der Waals surface area contributed by atoms with E-state index >= 15 is 0 Å². The third-order valence-electron chi connectivity index (χ3n) is 3.59. The van der Waals surface area contributed by atoms with Crippen LogP contribution in [0.4, 0.5) is 0 Å². The van der Waals surface area contributed by atoms with Crippen molar-refractivity contribution >= 4 is 17.2 Å². The maximum atomic E-state index is 12.2. The summed E-state index contributed by atoms with van der Waals surface area (Å²) in [5.41, 5.74) is 2.11. The third-order valence-corrected chi connectivity index (χ3v) is 4.64. The van der Waals surface area contributed by atoms with Crippen molar-refractivity contribution in [1.29, 1.82) is 0 Å². The molecule has 118 valence electrons. The molecule has 1 atom stereocenters. The average molecular weight is 319 g/mol. The minimum Gasteiger partial charge on any atom is -0.497 e. The molecule has 0 radical (unpaired) electrons. The number of ether oxygens (including phenoxy) is 1. The van der Waals surface area contributed by atoms with Crippen molar-refractivity contribution < 1.29 is 14.6 Å². The van der Waals surface area contributed by atoms with Gasteiger partial charge in [-0.1, -0.05) is 19.1 Å². The molecule has 2 aromatic rings. The van der Waals surface area contributed by atoms with Crippen LogP contribution in [0.3, 0.4) is 0 Å².